The van der Waals surface area contributed by atoms with Gasteiger partial charge in [-0.15, -0.1) is 6.58 Å². The lowest BCUT2D eigenvalue weighted by Gasteiger charge is -2.38. The molecule has 0 aromatic heterocycles. The monoisotopic (exact) mass is 226 g/mol. The number of aliphatic carboxylic acids is 1. The topological polar surface area (TPSA) is 60.9 Å². The van der Waals surface area contributed by atoms with Crippen molar-refractivity contribution in [3.05, 3.63) is 12.7 Å². The molecule has 0 aromatic carbocycles. The van der Waals surface area contributed by atoms with Gasteiger partial charge in [-0.25, -0.2) is 0 Å². The van der Waals surface area contributed by atoms with Gasteiger partial charge in [-0.1, -0.05) is 6.08 Å². The first-order valence-electron chi connectivity index (χ1n) is 5.35. The summed E-state index contributed by atoms with van der Waals surface area (Å²) in [7, 11) is 1.86. The number of rotatable bonds is 5. The highest BCUT2D eigenvalue weighted by atomic mass is 16.4. The smallest absolute Gasteiger partial charge is 0.303 e. The second kappa shape index (κ2) is 5.65. The Kier molecular flexibility index (Phi) is 4.49. The van der Waals surface area contributed by atoms with Crippen molar-refractivity contribution >= 4 is 11.9 Å². The fourth-order valence-electron chi connectivity index (χ4n) is 1.87. The van der Waals surface area contributed by atoms with Gasteiger partial charge < -0.3 is 10.0 Å². The zero-order valence-corrected chi connectivity index (χ0v) is 9.56. The first-order chi connectivity index (χ1) is 7.54. The molecule has 0 spiro atoms. The summed E-state index contributed by atoms with van der Waals surface area (Å²) < 4.78 is 0. The van der Waals surface area contributed by atoms with Gasteiger partial charge in [0.15, 0.2) is 0 Å². The van der Waals surface area contributed by atoms with E-state index < -0.39 is 5.97 Å². The van der Waals surface area contributed by atoms with Crippen LogP contribution in [-0.2, 0) is 9.59 Å². The summed E-state index contributed by atoms with van der Waals surface area (Å²) in [5, 5.41) is 8.64. The maximum absolute atomic E-state index is 11.6. The largest absolute Gasteiger partial charge is 0.481 e. The van der Waals surface area contributed by atoms with Gasteiger partial charge in [-0.2, -0.15) is 0 Å². The molecule has 1 aliphatic heterocycles. The number of carbonyl (C=O) groups is 2. The van der Waals surface area contributed by atoms with Crippen molar-refractivity contribution in [3.63, 3.8) is 0 Å². The van der Waals surface area contributed by atoms with Gasteiger partial charge in [0, 0.05) is 25.6 Å². The normalized spacial score (nSPS) is 22.2. The summed E-state index contributed by atoms with van der Waals surface area (Å²) in [5.74, 6) is -0.713. The highest BCUT2D eigenvalue weighted by Crippen LogP contribution is 2.13. The molecule has 5 nitrogen and oxygen atoms in total. The molecular weight excluding hydrogens is 208 g/mol. The van der Waals surface area contributed by atoms with Crippen molar-refractivity contribution in [3.8, 4) is 0 Å². The van der Waals surface area contributed by atoms with Crippen LogP contribution in [0.3, 0.4) is 0 Å². The van der Waals surface area contributed by atoms with Crippen molar-refractivity contribution in [1.29, 1.82) is 0 Å². The molecular formula is C11H18N2O3. The number of carbonyl (C=O) groups excluding carboxylic acids is 1. The standard InChI is InChI=1S/C11H18N2O3/c1-3-6-13-7-9(4-5-11(15)16)12(2)8-10(13)14/h3,9H,1,4-8H2,2H3,(H,15,16). The van der Waals surface area contributed by atoms with Crippen LogP contribution in [0.2, 0.25) is 0 Å². The number of nitrogens with zero attached hydrogens (tertiary/aromatic N) is 2. The fraction of sp³-hybridized carbons (Fsp3) is 0.636. The quantitative estimate of drug-likeness (QED) is 0.679. The van der Waals surface area contributed by atoms with Crippen LogP contribution in [0.1, 0.15) is 12.8 Å². The summed E-state index contributed by atoms with van der Waals surface area (Å²) in [4.78, 5) is 25.7. The zero-order chi connectivity index (χ0) is 12.1. The van der Waals surface area contributed by atoms with E-state index in [1.807, 2.05) is 11.9 Å². The molecule has 1 rings (SSSR count). The molecule has 0 aromatic rings. The number of carboxylic acid groups (broad SMARTS) is 1. The van der Waals surface area contributed by atoms with Gasteiger partial charge in [0.05, 0.1) is 6.54 Å². The number of hydrogen-bond acceptors (Lipinski definition) is 3. The Morgan fingerprint density at radius 2 is 2.38 bits per heavy atom. The molecule has 0 radical (unpaired) electrons. The summed E-state index contributed by atoms with van der Waals surface area (Å²) >= 11 is 0. The Morgan fingerprint density at radius 1 is 1.69 bits per heavy atom. The Morgan fingerprint density at radius 3 is 2.94 bits per heavy atom. The van der Waals surface area contributed by atoms with Crippen LogP contribution in [0, 0.1) is 0 Å². The Labute approximate surface area is 95.3 Å². The lowest BCUT2D eigenvalue weighted by Crippen LogP contribution is -2.54. The molecule has 16 heavy (non-hydrogen) atoms. The van der Waals surface area contributed by atoms with Crippen molar-refractivity contribution in [2.24, 2.45) is 0 Å². The van der Waals surface area contributed by atoms with E-state index in [1.54, 1.807) is 11.0 Å². The van der Waals surface area contributed by atoms with Gasteiger partial charge in [0.25, 0.3) is 0 Å². The van der Waals surface area contributed by atoms with E-state index in [0.29, 0.717) is 26.1 Å². The lowest BCUT2D eigenvalue weighted by atomic mass is 10.1. The van der Waals surface area contributed by atoms with Crippen LogP contribution < -0.4 is 0 Å². The molecule has 5 heteroatoms. The average molecular weight is 226 g/mol. The van der Waals surface area contributed by atoms with Crippen LogP contribution in [-0.4, -0.2) is 59.5 Å². The van der Waals surface area contributed by atoms with Crippen LogP contribution in [0.25, 0.3) is 0 Å². The third-order valence-electron chi connectivity index (χ3n) is 2.83. The van der Waals surface area contributed by atoms with E-state index >= 15 is 0 Å². The minimum Gasteiger partial charge on any atom is -0.481 e. The molecule has 90 valence electrons. The summed E-state index contributed by atoms with van der Waals surface area (Å²) in [5.41, 5.74) is 0. The predicted octanol–water partition coefficient (Wildman–Crippen LogP) is 0.180. The van der Waals surface area contributed by atoms with E-state index in [2.05, 4.69) is 6.58 Å². The van der Waals surface area contributed by atoms with Crippen molar-refractivity contribution in [2.45, 2.75) is 18.9 Å². The second-order valence-corrected chi connectivity index (χ2v) is 4.09. The maximum Gasteiger partial charge on any atom is 0.303 e. The molecule has 1 fully saturated rings. The number of carboxylic acids is 1. The van der Waals surface area contributed by atoms with E-state index in [4.69, 9.17) is 5.11 Å². The van der Waals surface area contributed by atoms with Crippen LogP contribution >= 0.6 is 0 Å². The van der Waals surface area contributed by atoms with Gasteiger partial charge in [-0.05, 0) is 13.5 Å². The molecule has 1 saturated heterocycles. The van der Waals surface area contributed by atoms with E-state index in [0.717, 1.165) is 0 Å². The lowest BCUT2D eigenvalue weighted by molar-refractivity contribution is -0.138. The van der Waals surface area contributed by atoms with Crippen molar-refractivity contribution < 1.29 is 14.7 Å². The third-order valence-corrected chi connectivity index (χ3v) is 2.83. The molecule has 1 N–H and O–H groups in total. The van der Waals surface area contributed by atoms with Gasteiger partial charge in [-0.3, -0.25) is 14.5 Å². The molecule has 0 aliphatic carbocycles. The van der Waals surface area contributed by atoms with E-state index in [-0.39, 0.29) is 18.4 Å². The molecule has 0 bridgehead atoms. The van der Waals surface area contributed by atoms with Crippen molar-refractivity contribution in [1.82, 2.24) is 9.80 Å². The number of likely N-dealkylation sites (N-methyl/N-ethyl adjacent to an activating group) is 1. The molecule has 1 aliphatic rings. The zero-order valence-electron chi connectivity index (χ0n) is 9.56. The molecule has 1 unspecified atom stereocenters. The highest BCUT2D eigenvalue weighted by Gasteiger charge is 2.28. The number of amides is 1. The average Bonchev–Trinajstić information content (AvgIpc) is 2.20. The van der Waals surface area contributed by atoms with Crippen LogP contribution in [0.5, 0.6) is 0 Å². The highest BCUT2D eigenvalue weighted by molar-refractivity contribution is 5.79. The summed E-state index contributed by atoms with van der Waals surface area (Å²) in [6.07, 6.45) is 2.41. The Balaban J connectivity index is 2.53. The van der Waals surface area contributed by atoms with E-state index in [9.17, 15) is 9.59 Å². The van der Waals surface area contributed by atoms with Crippen LogP contribution in [0.4, 0.5) is 0 Å². The predicted molar refractivity (Wildman–Crippen MR) is 60.1 cm³/mol. The first kappa shape index (κ1) is 12.7. The van der Waals surface area contributed by atoms with Crippen LogP contribution in [0.15, 0.2) is 12.7 Å². The summed E-state index contributed by atoms with van der Waals surface area (Å²) in [6, 6.07) is 0.133. The first-order valence-corrected chi connectivity index (χ1v) is 5.35. The Bertz CT molecular complexity index is 291. The third kappa shape index (κ3) is 3.34. The number of piperazine rings is 1. The number of hydrogen-bond donors (Lipinski definition) is 1. The molecule has 1 amide bonds. The Hall–Kier alpha value is -1.36. The fourth-order valence-corrected chi connectivity index (χ4v) is 1.87. The molecule has 0 saturated carbocycles. The van der Waals surface area contributed by atoms with Gasteiger partial charge in [0.1, 0.15) is 0 Å². The SMILES string of the molecule is C=CCN1CC(CCC(=O)O)N(C)CC1=O. The molecule has 1 atom stereocenters. The maximum atomic E-state index is 11.6. The minimum atomic E-state index is -0.791. The van der Waals surface area contributed by atoms with Gasteiger partial charge in [0.2, 0.25) is 5.91 Å². The van der Waals surface area contributed by atoms with Gasteiger partial charge >= 0.3 is 5.97 Å². The summed E-state index contributed by atoms with van der Waals surface area (Å²) in [6.45, 7) is 5.09. The van der Waals surface area contributed by atoms with E-state index in [1.165, 1.54) is 0 Å². The minimum absolute atomic E-state index is 0.0778. The van der Waals surface area contributed by atoms with Crippen molar-refractivity contribution in [2.75, 3.05) is 26.7 Å². The second-order valence-electron chi connectivity index (χ2n) is 4.09. The molecule has 1 heterocycles.